The van der Waals surface area contributed by atoms with E-state index in [4.69, 9.17) is 0 Å². The van der Waals surface area contributed by atoms with Crippen LogP contribution in [0.1, 0.15) is 23.6 Å². The van der Waals surface area contributed by atoms with Crippen LogP contribution >= 0.6 is 35.3 Å². The minimum absolute atomic E-state index is 0. The van der Waals surface area contributed by atoms with Gasteiger partial charge in [-0.05, 0) is 47.5 Å². The smallest absolute Gasteiger partial charge is 0.191 e. The molecule has 28 heavy (non-hydrogen) atoms. The molecular weight excluding hydrogens is 481 g/mol. The second kappa shape index (κ2) is 12.4. The van der Waals surface area contributed by atoms with Crippen LogP contribution in [-0.4, -0.2) is 55.5 Å². The first-order valence-electron chi connectivity index (χ1n) is 9.75. The molecule has 2 heterocycles. The van der Waals surface area contributed by atoms with Gasteiger partial charge in [0.25, 0.3) is 0 Å². The number of hydrogen-bond acceptors (Lipinski definition) is 4. The lowest BCUT2D eigenvalue weighted by Crippen LogP contribution is -2.43. The van der Waals surface area contributed by atoms with Crippen molar-refractivity contribution in [2.24, 2.45) is 4.99 Å². The van der Waals surface area contributed by atoms with Gasteiger partial charge >= 0.3 is 0 Å². The zero-order chi connectivity index (χ0) is 18.9. The first-order chi connectivity index (χ1) is 13.2. The van der Waals surface area contributed by atoms with Crippen LogP contribution in [0.2, 0.25) is 0 Å². The summed E-state index contributed by atoms with van der Waals surface area (Å²) < 4.78 is 0. The topological polar surface area (TPSA) is 42.9 Å². The quantitative estimate of drug-likeness (QED) is 0.339. The molecule has 1 saturated heterocycles. The Morgan fingerprint density at radius 3 is 2.36 bits per heavy atom. The van der Waals surface area contributed by atoms with E-state index in [1.807, 2.05) is 0 Å². The van der Waals surface area contributed by atoms with Crippen molar-refractivity contribution in [3.8, 4) is 0 Å². The molecule has 0 saturated carbocycles. The molecule has 2 N–H and O–H groups in total. The number of piperazine rings is 1. The highest BCUT2D eigenvalue weighted by atomic mass is 127. The highest BCUT2D eigenvalue weighted by Crippen LogP contribution is 2.10. The maximum Gasteiger partial charge on any atom is 0.191 e. The van der Waals surface area contributed by atoms with Crippen LogP contribution < -0.4 is 10.6 Å². The summed E-state index contributed by atoms with van der Waals surface area (Å²) in [6.45, 7) is 10.1. The van der Waals surface area contributed by atoms with Gasteiger partial charge < -0.3 is 15.5 Å². The van der Waals surface area contributed by atoms with E-state index in [1.54, 1.807) is 11.3 Å². The standard InChI is InChI=1S/C21H31N5S.HI/c1-3-22-21(24-15-20-8-13-27-17-20)23-14-18-4-6-19(7-5-18)16-26-11-9-25(2)10-12-26;/h4-8,13,17H,3,9-12,14-16H2,1-2H3,(H2,22,23,24);1H. The molecule has 154 valence electrons. The van der Waals surface area contributed by atoms with E-state index in [0.29, 0.717) is 6.54 Å². The van der Waals surface area contributed by atoms with Crippen molar-refractivity contribution >= 4 is 41.3 Å². The molecule has 1 aromatic heterocycles. The van der Waals surface area contributed by atoms with Crippen LogP contribution in [0.15, 0.2) is 46.1 Å². The number of nitrogens with zero attached hydrogens (tertiary/aromatic N) is 3. The van der Waals surface area contributed by atoms with E-state index in [2.05, 4.69) is 80.5 Å². The molecule has 0 unspecified atom stereocenters. The number of halogens is 1. The fourth-order valence-electron chi connectivity index (χ4n) is 3.11. The fourth-order valence-corrected chi connectivity index (χ4v) is 3.77. The fraction of sp³-hybridized carbons (Fsp3) is 0.476. The minimum atomic E-state index is 0. The molecule has 1 aromatic carbocycles. The normalized spacial score (nSPS) is 15.9. The maximum atomic E-state index is 4.66. The first kappa shape index (κ1) is 23.1. The van der Waals surface area contributed by atoms with Crippen molar-refractivity contribution in [1.29, 1.82) is 0 Å². The molecule has 0 bridgehead atoms. The van der Waals surface area contributed by atoms with Gasteiger partial charge in [-0.1, -0.05) is 24.3 Å². The molecular formula is C21H32IN5S. The van der Waals surface area contributed by atoms with E-state index in [1.165, 1.54) is 29.8 Å². The summed E-state index contributed by atoms with van der Waals surface area (Å²) in [6, 6.07) is 11.1. The van der Waals surface area contributed by atoms with Crippen LogP contribution in [0, 0.1) is 0 Å². The second-order valence-corrected chi connectivity index (χ2v) is 7.86. The number of guanidine groups is 1. The van der Waals surface area contributed by atoms with Crippen LogP contribution in [0.4, 0.5) is 0 Å². The zero-order valence-electron chi connectivity index (χ0n) is 16.9. The highest BCUT2D eigenvalue weighted by Gasteiger charge is 2.13. The first-order valence-corrected chi connectivity index (χ1v) is 10.7. The Morgan fingerprint density at radius 1 is 1.00 bits per heavy atom. The number of thiophene rings is 1. The summed E-state index contributed by atoms with van der Waals surface area (Å²) in [5.41, 5.74) is 3.92. The second-order valence-electron chi connectivity index (χ2n) is 7.08. The molecule has 3 rings (SSSR count). The Hall–Kier alpha value is -1.16. The van der Waals surface area contributed by atoms with Gasteiger partial charge in [-0.2, -0.15) is 11.3 Å². The number of rotatable bonds is 7. The number of nitrogens with one attached hydrogen (secondary N) is 2. The lowest BCUT2D eigenvalue weighted by atomic mass is 10.1. The van der Waals surface area contributed by atoms with Crippen molar-refractivity contribution in [1.82, 2.24) is 20.4 Å². The lowest BCUT2D eigenvalue weighted by Gasteiger charge is -2.32. The summed E-state index contributed by atoms with van der Waals surface area (Å²) in [6.07, 6.45) is 0. The third-order valence-corrected chi connectivity index (χ3v) is 5.56. The molecule has 0 atom stereocenters. The van der Waals surface area contributed by atoms with Crippen LogP contribution in [0.3, 0.4) is 0 Å². The van der Waals surface area contributed by atoms with Crippen LogP contribution in [0.25, 0.3) is 0 Å². The van der Waals surface area contributed by atoms with E-state index < -0.39 is 0 Å². The Labute approximate surface area is 190 Å². The molecule has 7 heteroatoms. The predicted octanol–water partition coefficient (Wildman–Crippen LogP) is 3.37. The molecule has 0 radical (unpaired) electrons. The van der Waals surface area contributed by atoms with E-state index >= 15 is 0 Å². The predicted molar refractivity (Wildman–Crippen MR) is 131 cm³/mol. The molecule has 0 spiro atoms. The average molecular weight is 513 g/mol. The highest BCUT2D eigenvalue weighted by molar-refractivity contribution is 14.0. The summed E-state index contributed by atoms with van der Waals surface area (Å²) in [5, 5.41) is 11.0. The molecule has 0 aliphatic carbocycles. The third-order valence-electron chi connectivity index (χ3n) is 4.83. The van der Waals surface area contributed by atoms with E-state index in [-0.39, 0.29) is 24.0 Å². The Bertz CT molecular complexity index is 694. The van der Waals surface area contributed by atoms with Gasteiger partial charge in [-0.15, -0.1) is 24.0 Å². The minimum Gasteiger partial charge on any atom is -0.357 e. The number of benzene rings is 1. The molecule has 1 aliphatic rings. The van der Waals surface area contributed by atoms with Crippen molar-refractivity contribution in [2.75, 3.05) is 39.8 Å². The average Bonchev–Trinajstić information content (AvgIpc) is 3.21. The Kier molecular flexibility index (Phi) is 10.3. The van der Waals surface area contributed by atoms with Gasteiger partial charge in [-0.3, -0.25) is 4.90 Å². The summed E-state index contributed by atoms with van der Waals surface area (Å²) >= 11 is 1.71. The summed E-state index contributed by atoms with van der Waals surface area (Å²) in [4.78, 5) is 9.59. The van der Waals surface area contributed by atoms with E-state index in [0.717, 1.165) is 38.7 Å². The van der Waals surface area contributed by atoms with Gasteiger partial charge in [0.2, 0.25) is 0 Å². The number of likely N-dealkylation sites (N-methyl/N-ethyl adjacent to an activating group) is 1. The monoisotopic (exact) mass is 513 g/mol. The van der Waals surface area contributed by atoms with Gasteiger partial charge in [0.15, 0.2) is 5.96 Å². The molecule has 1 fully saturated rings. The molecule has 2 aromatic rings. The molecule has 1 aliphatic heterocycles. The molecule has 5 nitrogen and oxygen atoms in total. The van der Waals surface area contributed by atoms with Crippen molar-refractivity contribution < 1.29 is 0 Å². The Balaban J connectivity index is 0.00000280. The van der Waals surface area contributed by atoms with Gasteiger partial charge in [0.05, 0.1) is 6.54 Å². The van der Waals surface area contributed by atoms with Crippen molar-refractivity contribution in [2.45, 2.75) is 26.6 Å². The largest absolute Gasteiger partial charge is 0.357 e. The lowest BCUT2D eigenvalue weighted by molar-refractivity contribution is 0.148. The number of hydrogen-bond donors (Lipinski definition) is 2. The van der Waals surface area contributed by atoms with Crippen molar-refractivity contribution in [3.63, 3.8) is 0 Å². The summed E-state index contributed by atoms with van der Waals surface area (Å²) in [5.74, 6) is 0.866. The number of aliphatic imine (C=N–C) groups is 1. The van der Waals surface area contributed by atoms with Crippen LogP contribution in [-0.2, 0) is 19.6 Å². The van der Waals surface area contributed by atoms with Gasteiger partial charge in [0, 0.05) is 45.8 Å². The molecule has 0 amide bonds. The Morgan fingerprint density at radius 2 is 1.71 bits per heavy atom. The SMILES string of the molecule is CCNC(=NCc1ccsc1)NCc1ccc(CN2CCN(C)CC2)cc1.I. The van der Waals surface area contributed by atoms with Gasteiger partial charge in [-0.25, -0.2) is 4.99 Å². The summed E-state index contributed by atoms with van der Waals surface area (Å²) in [7, 11) is 2.20. The van der Waals surface area contributed by atoms with Crippen LogP contribution in [0.5, 0.6) is 0 Å². The van der Waals surface area contributed by atoms with E-state index in [9.17, 15) is 0 Å². The van der Waals surface area contributed by atoms with Crippen molar-refractivity contribution in [3.05, 3.63) is 57.8 Å². The van der Waals surface area contributed by atoms with Gasteiger partial charge in [0.1, 0.15) is 0 Å². The maximum absolute atomic E-state index is 4.66. The third kappa shape index (κ3) is 7.69. The zero-order valence-corrected chi connectivity index (χ0v) is 20.0.